The summed E-state index contributed by atoms with van der Waals surface area (Å²) in [4.78, 5) is 49.9. The highest BCUT2D eigenvalue weighted by atomic mass is 16.5. The van der Waals surface area contributed by atoms with Crippen LogP contribution in [0.25, 0.3) is 0 Å². The van der Waals surface area contributed by atoms with E-state index in [9.17, 15) is 19.2 Å². The van der Waals surface area contributed by atoms with Gasteiger partial charge in [-0.15, -0.1) is 0 Å². The minimum absolute atomic E-state index is 0.257. The van der Waals surface area contributed by atoms with Crippen molar-refractivity contribution < 1.29 is 23.9 Å². The van der Waals surface area contributed by atoms with E-state index in [-0.39, 0.29) is 16.9 Å². The van der Waals surface area contributed by atoms with Gasteiger partial charge in [0, 0.05) is 5.56 Å². The average Bonchev–Trinajstić information content (AvgIpc) is 2.90. The summed E-state index contributed by atoms with van der Waals surface area (Å²) in [5.74, 6) is -2.24. The van der Waals surface area contributed by atoms with Crippen molar-refractivity contribution in [2.75, 3.05) is 6.61 Å². The molecule has 1 heterocycles. The summed E-state index contributed by atoms with van der Waals surface area (Å²) in [5, 5.41) is 0. The van der Waals surface area contributed by atoms with Crippen molar-refractivity contribution in [1.29, 1.82) is 0 Å². The topological polar surface area (TPSA) is 80.8 Å². The third-order valence-electron chi connectivity index (χ3n) is 4.27. The minimum Gasteiger partial charge on any atom is -0.456 e. The zero-order chi connectivity index (χ0) is 18.8. The molecule has 1 aliphatic heterocycles. The molecule has 0 aliphatic carbocycles. The van der Waals surface area contributed by atoms with E-state index in [0.29, 0.717) is 5.56 Å². The van der Waals surface area contributed by atoms with Gasteiger partial charge in [0.15, 0.2) is 12.4 Å². The third kappa shape index (κ3) is 3.13. The number of fused-ring (bicyclic) bond motifs is 1. The molecule has 0 saturated carbocycles. The highest BCUT2D eigenvalue weighted by molar-refractivity contribution is 6.22. The number of nitrogens with zero attached hydrogens (tertiary/aromatic N) is 1. The molecule has 2 amide bonds. The van der Waals surface area contributed by atoms with Gasteiger partial charge < -0.3 is 4.74 Å². The summed E-state index contributed by atoms with van der Waals surface area (Å²) in [6.07, 6.45) is 0. The predicted molar refractivity (Wildman–Crippen MR) is 92.9 cm³/mol. The molecule has 0 N–H and O–H groups in total. The van der Waals surface area contributed by atoms with Crippen LogP contribution >= 0.6 is 0 Å². The van der Waals surface area contributed by atoms with Gasteiger partial charge in [-0.3, -0.25) is 19.3 Å². The maximum atomic E-state index is 12.4. The van der Waals surface area contributed by atoms with E-state index in [1.54, 1.807) is 36.4 Å². The number of rotatable bonds is 5. The largest absolute Gasteiger partial charge is 0.456 e. The number of imide groups is 1. The smallest absolute Gasteiger partial charge is 0.329 e. The maximum absolute atomic E-state index is 12.4. The Hall–Kier alpha value is -3.28. The first-order valence-corrected chi connectivity index (χ1v) is 8.13. The third-order valence-corrected chi connectivity index (χ3v) is 4.27. The molecule has 26 heavy (non-hydrogen) atoms. The minimum atomic E-state index is -1.12. The number of hydrogen-bond donors (Lipinski definition) is 0. The highest BCUT2D eigenvalue weighted by Gasteiger charge is 2.41. The number of esters is 1. The number of ether oxygens (including phenoxy) is 1. The second kappa shape index (κ2) is 6.92. The van der Waals surface area contributed by atoms with Crippen molar-refractivity contribution in [1.82, 2.24) is 4.90 Å². The first kappa shape index (κ1) is 17.5. The summed E-state index contributed by atoms with van der Waals surface area (Å²) >= 11 is 0. The van der Waals surface area contributed by atoms with E-state index in [1.165, 1.54) is 19.1 Å². The number of carbonyl (C=O) groups is 4. The van der Waals surface area contributed by atoms with E-state index in [2.05, 4.69) is 0 Å². The normalized spacial score (nSPS) is 14.2. The van der Waals surface area contributed by atoms with Crippen LogP contribution in [-0.4, -0.2) is 41.1 Å². The summed E-state index contributed by atoms with van der Waals surface area (Å²) in [5.41, 5.74) is 1.95. The van der Waals surface area contributed by atoms with Crippen LogP contribution in [0.4, 0.5) is 0 Å². The van der Waals surface area contributed by atoms with Crippen LogP contribution < -0.4 is 0 Å². The lowest BCUT2D eigenvalue weighted by atomic mass is 10.1. The fraction of sp³-hybridized carbons (Fsp3) is 0.200. The van der Waals surface area contributed by atoms with E-state index in [4.69, 9.17) is 4.74 Å². The van der Waals surface area contributed by atoms with Crippen LogP contribution in [-0.2, 0) is 9.53 Å². The Morgan fingerprint density at radius 1 is 0.962 bits per heavy atom. The van der Waals surface area contributed by atoms with Crippen LogP contribution in [0.5, 0.6) is 0 Å². The molecule has 6 nitrogen and oxygen atoms in total. The van der Waals surface area contributed by atoms with Gasteiger partial charge >= 0.3 is 5.97 Å². The van der Waals surface area contributed by atoms with Gasteiger partial charge in [-0.25, -0.2) is 4.79 Å². The Labute approximate surface area is 150 Å². The Bertz CT molecular complexity index is 866. The van der Waals surface area contributed by atoms with Crippen LogP contribution in [0.1, 0.15) is 43.6 Å². The van der Waals surface area contributed by atoms with Gasteiger partial charge in [0.05, 0.1) is 11.1 Å². The van der Waals surface area contributed by atoms with Gasteiger partial charge in [0.2, 0.25) is 0 Å². The number of aryl methyl sites for hydroxylation is 1. The highest BCUT2D eigenvalue weighted by Crippen LogP contribution is 2.24. The molecule has 3 rings (SSSR count). The fourth-order valence-corrected chi connectivity index (χ4v) is 2.75. The molecule has 0 radical (unpaired) electrons. The maximum Gasteiger partial charge on any atom is 0.329 e. The second-order valence-corrected chi connectivity index (χ2v) is 6.10. The fourth-order valence-electron chi connectivity index (χ4n) is 2.75. The van der Waals surface area contributed by atoms with E-state index < -0.39 is 30.4 Å². The van der Waals surface area contributed by atoms with Gasteiger partial charge in [-0.2, -0.15) is 0 Å². The zero-order valence-electron chi connectivity index (χ0n) is 14.4. The van der Waals surface area contributed by atoms with Gasteiger partial charge in [0.25, 0.3) is 11.8 Å². The number of amides is 2. The molecule has 2 aromatic carbocycles. The molecular weight excluding hydrogens is 334 g/mol. The van der Waals surface area contributed by atoms with E-state index in [1.807, 2.05) is 6.92 Å². The van der Waals surface area contributed by atoms with Crippen LogP contribution in [0.2, 0.25) is 0 Å². The van der Waals surface area contributed by atoms with Crippen molar-refractivity contribution in [2.24, 2.45) is 0 Å². The lowest BCUT2D eigenvalue weighted by Gasteiger charge is -2.20. The second-order valence-electron chi connectivity index (χ2n) is 6.10. The first-order chi connectivity index (χ1) is 12.4. The number of Topliss-reactive ketones (excluding diaryl/α,β-unsaturated/α-hetero) is 1. The van der Waals surface area contributed by atoms with Crippen LogP contribution in [0.3, 0.4) is 0 Å². The van der Waals surface area contributed by atoms with Gasteiger partial charge in [-0.1, -0.05) is 42.0 Å². The number of carbonyl (C=O) groups excluding carboxylic acids is 4. The van der Waals surface area contributed by atoms with E-state index in [0.717, 1.165) is 10.5 Å². The van der Waals surface area contributed by atoms with Crippen molar-refractivity contribution in [3.05, 3.63) is 70.8 Å². The molecule has 0 aromatic heterocycles. The summed E-state index contributed by atoms with van der Waals surface area (Å²) in [6, 6.07) is 12.1. The number of benzene rings is 2. The number of ketones is 1. The quantitative estimate of drug-likeness (QED) is 0.469. The lowest BCUT2D eigenvalue weighted by molar-refractivity contribution is -0.146. The molecule has 0 bridgehead atoms. The summed E-state index contributed by atoms with van der Waals surface area (Å²) in [7, 11) is 0. The van der Waals surface area contributed by atoms with Crippen molar-refractivity contribution >= 4 is 23.6 Å². The van der Waals surface area contributed by atoms with Crippen molar-refractivity contribution in [3.63, 3.8) is 0 Å². The molecule has 0 fully saturated rings. The van der Waals surface area contributed by atoms with E-state index >= 15 is 0 Å². The zero-order valence-corrected chi connectivity index (χ0v) is 14.4. The average molecular weight is 351 g/mol. The monoisotopic (exact) mass is 351 g/mol. The number of hydrogen-bond acceptors (Lipinski definition) is 5. The molecule has 132 valence electrons. The molecule has 0 saturated heterocycles. The van der Waals surface area contributed by atoms with Crippen LogP contribution in [0, 0.1) is 6.92 Å². The molecular formula is C20H17NO5. The standard InChI is InChI=1S/C20H17NO5/c1-12-7-9-14(10-8-12)17(22)11-26-20(25)13(2)21-18(23)15-5-3-4-6-16(15)19(21)24/h3-10,13H,11H2,1-2H3/t13-/m0/s1. The Kier molecular flexibility index (Phi) is 4.67. The molecule has 6 heteroatoms. The SMILES string of the molecule is Cc1ccc(C(=O)COC(=O)[C@H](C)N2C(=O)c3ccccc3C2=O)cc1. The Morgan fingerprint density at radius 2 is 1.50 bits per heavy atom. The molecule has 1 aliphatic rings. The van der Waals surface area contributed by atoms with Crippen molar-refractivity contribution in [2.45, 2.75) is 19.9 Å². The van der Waals surface area contributed by atoms with Crippen LogP contribution in [0.15, 0.2) is 48.5 Å². The lowest BCUT2D eigenvalue weighted by Crippen LogP contribution is -2.44. The van der Waals surface area contributed by atoms with Crippen molar-refractivity contribution in [3.8, 4) is 0 Å². The van der Waals surface area contributed by atoms with Gasteiger partial charge in [-0.05, 0) is 26.0 Å². The molecule has 1 atom stereocenters. The molecule has 0 unspecified atom stereocenters. The summed E-state index contributed by atoms with van der Waals surface area (Å²) < 4.78 is 5.02. The predicted octanol–water partition coefficient (Wildman–Crippen LogP) is 2.41. The van der Waals surface area contributed by atoms with Gasteiger partial charge in [0.1, 0.15) is 6.04 Å². The molecule has 2 aromatic rings. The first-order valence-electron chi connectivity index (χ1n) is 8.13. The Balaban J connectivity index is 1.65. The Morgan fingerprint density at radius 3 is 2.04 bits per heavy atom. The summed E-state index contributed by atoms with van der Waals surface area (Å²) in [6.45, 7) is 2.85. The molecule has 0 spiro atoms.